The van der Waals surface area contributed by atoms with E-state index in [-0.39, 0.29) is 0 Å². The van der Waals surface area contributed by atoms with Gasteiger partial charge in [-0.2, -0.15) is 0 Å². The van der Waals surface area contributed by atoms with E-state index in [1.165, 1.54) is 47.9 Å². The Bertz CT molecular complexity index is 595. The largest absolute Gasteiger partial charge is 0.103 e. The second-order valence-corrected chi connectivity index (χ2v) is 6.52. The van der Waals surface area contributed by atoms with Gasteiger partial charge < -0.3 is 0 Å². The van der Waals surface area contributed by atoms with Gasteiger partial charge in [-0.15, -0.1) is 6.58 Å². The molecule has 0 heterocycles. The minimum atomic E-state index is 0.743. The summed E-state index contributed by atoms with van der Waals surface area (Å²) in [6, 6.07) is 18.2. The van der Waals surface area contributed by atoms with Gasteiger partial charge in [0.25, 0.3) is 0 Å². The van der Waals surface area contributed by atoms with Crippen molar-refractivity contribution in [3.05, 3.63) is 72.3 Å². The van der Waals surface area contributed by atoms with Gasteiger partial charge in [0, 0.05) is 0 Å². The summed E-state index contributed by atoms with van der Waals surface area (Å²) >= 11 is 0. The van der Waals surface area contributed by atoms with Crippen molar-refractivity contribution in [3.8, 4) is 11.1 Å². The zero-order chi connectivity index (χ0) is 15.4. The zero-order valence-corrected chi connectivity index (χ0v) is 13.6. The van der Waals surface area contributed by atoms with Crippen LogP contribution in [-0.4, -0.2) is 0 Å². The third-order valence-electron chi connectivity index (χ3n) is 5.18. The van der Waals surface area contributed by atoms with Gasteiger partial charge in [0.1, 0.15) is 0 Å². The molecule has 114 valence electrons. The smallest absolute Gasteiger partial charge is 0.0162 e. The average molecular weight is 290 g/mol. The van der Waals surface area contributed by atoms with Crippen LogP contribution in [0.1, 0.15) is 49.7 Å². The molecule has 3 rings (SSSR count). The van der Waals surface area contributed by atoms with E-state index < -0.39 is 0 Å². The summed E-state index contributed by atoms with van der Waals surface area (Å²) in [5.41, 5.74) is 5.56. The van der Waals surface area contributed by atoms with E-state index in [2.05, 4.69) is 68.1 Å². The van der Waals surface area contributed by atoms with Crippen molar-refractivity contribution in [1.29, 1.82) is 0 Å². The Labute approximate surface area is 134 Å². The van der Waals surface area contributed by atoms with Gasteiger partial charge in [0.05, 0.1) is 0 Å². The van der Waals surface area contributed by atoms with Crippen LogP contribution < -0.4 is 0 Å². The Balaban J connectivity index is 1.71. The molecule has 0 saturated heterocycles. The number of rotatable bonds is 4. The molecular formula is C22H26. The molecule has 2 aromatic rings. The molecule has 0 atom stereocenters. The van der Waals surface area contributed by atoms with Gasteiger partial charge in [-0.3, -0.25) is 0 Å². The fourth-order valence-electron chi connectivity index (χ4n) is 3.57. The third-order valence-corrected chi connectivity index (χ3v) is 5.18. The highest BCUT2D eigenvalue weighted by Crippen LogP contribution is 2.36. The van der Waals surface area contributed by atoms with Crippen LogP contribution in [-0.2, 0) is 6.42 Å². The summed E-state index contributed by atoms with van der Waals surface area (Å²) in [6.07, 6.45) is 8.46. The second kappa shape index (κ2) is 6.96. The van der Waals surface area contributed by atoms with Crippen LogP contribution in [0.3, 0.4) is 0 Å². The van der Waals surface area contributed by atoms with Crippen LogP contribution in [0.5, 0.6) is 0 Å². The van der Waals surface area contributed by atoms with E-state index >= 15 is 0 Å². The van der Waals surface area contributed by atoms with Gasteiger partial charge in [0.15, 0.2) is 0 Å². The van der Waals surface area contributed by atoms with Crippen molar-refractivity contribution in [3.63, 3.8) is 0 Å². The predicted molar refractivity (Wildman–Crippen MR) is 96.2 cm³/mol. The maximum Gasteiger partial charge on any atom is -0.0162 e. The topological polar surface area (TPSA) is 0 Å². The highest BCUT2D eigenvalue weighted by Gasteiger charge is 2.20. The Morgan fingerprint density at radius 1 is 0.864 bits per heavy atom. The number of aryl methyl sites for hydroxylation is 1. The number of allylic oxidation sites excluding steroid dienone is 1. The van der Waals surface area contributed by atoms with Gasteiger partial charge in [-0.1, -0.05) is 61.5 Å². The van der Waals surface area contributed by atoms with Gasteiger partial charge in [-0.25, -0.2) is 0 Å². The number of hydrogen-bond donors (Lipinski definition) is 0. The van der Waals surface area contributed by atoms with E-state index in [0.717, 1.165) is 18.3 Å². The Morgan fingerprint density at radius 3 is 1.91 bits per heavy atom. The second-order valence-electron chi connectivity index (χ2n) is 6.52. The molecule has 1 aliphatic carbocycles. The van der Waals surface area contributed by atoms with Crippen LogP contribution in [0.15, 0.2) is 61.2 Å². The Morgan fingerprint density at radius 2 is 1.41 bits per heavy atom. The first-order valence-electron chi connectivity index (χ1n) is 8.62. The summed E-state index contributed by atoms with van der Waals surface area (Å²) in [5.74, 6) is 1.49. The molecule has 0 unspecified atom stereocenters. The highest BCUT2D eigenvalue weighted by atomic mass is 14.2. The minimum absolute atomic E-state index is 0.743. The molecule has 0 nitrogen and oxygen atoms in total. The lowest BCUT2D eigenvalue weighted by atomic mass is 9.78. The summed E-state index contributed by atoms with van der Waals surface area (Å²) in [6.45, 7) is 6.14. The lowest BCUT2D eigenvalue weighted by Crippen LogP contribution is -2.11. The van der Waals surface area contributed by atoms with Crippen molar-refractivity contribution in [2.75, 3.05) is 0 Å². The quantitative estimate of drug-likeness (QED) is 0.573. The molecule has 0 spiro atoms. The first-order chi connectivity index (χ1) is 10.8. The molecule has 0 radical (unpaired) electrons. The van der Waals surface area contributed by atoms with E-state index in [1.54, 1.807) is 0 Å². The molecule has 0 amide bonds. The molecule has 0 bridgehead atoms. The molecule has 1 fully saturated rings. The van der Waals surface area contributed by atoms with Gasteiger partial charge in [-0.05, 0) is 66.2 Å². The normalized spacial score (nSPS) is 21.5. The van der Waals surface area contributed by atoms with Crippen molar-refractivity contribution in [2.45, 2.75) is 44.9 Å². The minimum Gasteiger partial charge on any atom is -0.103 e. The molecule has 1 saturated carbocycles. The monoisotopic (exact) mass is 290 g/mol. The Kier molecular flexibility index (Phi) is 4.77. The van der Waals surface area contributed by atoms with Crippen LogP contribution in [0.2, 0.25) is 0 Å². The van der Waals surface area contributed by atoms with E-state index in [1.807, 2.05) is 0 Å². The third kappa shape index (κ3) is 3.32. The van der Waals surface area contributed by atoms with E-state index in [4.69, 9.17) is 0 Å². The molecular weight excluding hydrogens is 264 g/mol. The fourth-order valence-corrected chi connectivity index (χ4v) is 3.57. The predicted octanol–water partition coefficient (Wildman–Crippen LogP) is 6.38. The molecule has 22 heavy (non-hydrogen) atoms. The summed E-state index contributed by atoms with van der Waals surface area (Å²) in [7, 11) is 0. The summed E-state index contributed by atoms with van der Waals surface area (Å²) < 4.78 is 0. The lowest BCUT2D eigenvalue weighted by molar-refractivity contribution is 0.376. The molecule has 0 aliphatic heterocycles. The maximum atomic E-state index is 3.94. The summed E-state index contributed by atoms with van der Waals surface area (Å²) in [5, 5.41) is 0. The maximum absolute atomic E-state index is 3.94. The molecule has 0 aromatic heterocycles. The van der Waals surface area contributed by atoms with E-state index in [0.29, 0.717) is 0 Å². The first kappa shape index (κ1) is 15.1. The lowest BCUT2D eigenvalue weighted by Gasteiger charge is -2.27. The van der Waals surface area contributed by atoms with Crippen molar-refractivity contribution in [1.82, 2.24) is 0 Å². The fraction of sp³-hybridized carbons (Fsp3) is 0.364. The molecule has 0 heteroatoms. The first-order valence-corrected chi connectivity index (χ1v) is 8.62. The van der Waals surface area contributed by atoms with Crippen LogP contribution in [0.25, 0.3) is 11.1 Å². The standard InChI is InChI=1S/C22H26/c1-3-17-5-9-19(10-6-17)21-13-15-22(16-14-21)20-11-7-18(4-2)8-12-20/h3,7-8,11-17,19H,1,4-6,9-10H2,2H3. The van der Waals surface area contributed by atoms with E-state index in [9.17, 15) is 0 Å². The van der Waals surface area contributed by atoms with Gasteiger partial charge >= 0.3 is 0 Å². The number of benzene rings is 2. The van der Waals surface area contributed by atoms with Crippen molar-refractivity contribution >= 4 is 0 Å². The van der Waals surface area contributed by atoms with Gasteiger partial charge in [0.2, 0.25) is 0 Å². The summed E-state index contributed by atoms with van der Waals surface area (Å²) in [4.78, 5) is 0. The SMILES string of the molecule is C=CC1CCC(c2ccc(-c3ccc(CC)cc3)cc2)CC1. The average Bonchev–Trinajstić information content (AvgIpc) is 2.62. The van der Waals surface area contributed by atoms with Crippen LogP contribution in [0, 0.1) is 5.92 Å². The highest BCUT2D eigenvalue weighted by molar-refractivity contribution is 5.64. The molecule has 1 aliphatic rings. The van der Waals surface area contributed by atoms with Crippen LogP contribution >= 0.6 is 0 Å². The molecule has 0 N–H and O–H groups in total. The van der Waals surface area contributed by atoms with Crippen molar-refractivity contribution < 1.29 is 0 Å². The molecule has 2 aromatic carbocycles. The number of hydrogen-bond acceptors (Lipinski definition) is 0. The van der Waals surface area contributed by atoms with Crippen LogP contribution in [0.4, 0.5) is 0 Å². The van der Waals surface area contributed by atoms with Crippen molar-refractivity contribution in [2.24, 2.45) is 5.92 Å². The Hall–Kier alpha value is -1.82. The zero-order valence-electron chi connectivity index (χ0n) is 13.6.